The molecular weight excluding hydrogens is 279 g/mol. The van der Waals surface area contributed by atoms with Crippen LogP contribution >= 0.6 is 27.9 Å². The Morgan fingerprint density at radius 3 is 3.00 bits per heavy atom. The molecule has 1 aromatic rings. The van der Waals surface area contributed by atoms with Crippen LogP contribution in [0.25, 0.3) is 0 Å². The Labute approximate surface area is 99.8 Å². The van der Waals surface area contributed by atoms with Gasteiger partial charge >= 0.3 is 0 Å². The Hall–Kier alpha value is -0.550. The molecular formula is C10H8BrFN2S. The summed E-state index contributed by atoms with van der Waals surface area (Å²) in [4.78, 5) is 3.07. The van der Waals surface area contributed by atoms with Crippen LogP contribution in [0, 0.1) is 5.82 Å². The second kappa shape index (κ2) is 3.49. The normalized spacial score (nSPS) is 19.2. The summed E-state index contributed by atoms with van der Waals surface area (Å²) in [6.45, 7) is 0. The third-order valence-corrected chi connectivity index (χ3v) is 4.22. The highest BCUT2D eigenvalue weighted by atomic mass is 79.9. The van der Waals surface area contributed by atoms with Crippen molar-refractivity contribution in [2.24, 2.45) is 4.40 Å². The molecule has 0 radical (unpaired) electrons. The van der Waals surface area contributed by atoms with Gasteiger partial charge in [-0.1, -0.05) is 0 Å². The molecule has 5 heteroatoms. The highest BCUT2D eigenvalue weighted by Gasteiger charge is 2.32. The Morgan fingerprint density at radius 2 is 2.27 bits per heavy atom. The van der Waals surface area contributed by atoms with E-state index in [0.29, 0.717) is 6.04 Å². The molecule has 78 valence electrons. The van der Waals surface area contributed by atoms with Gasteiger partial charge in [-0.2, -0.15) is 0 Å². The van der Waals surface area contributed by atoms with Crippen LogP contribution < -0.4 is 4.90 Å². The van der Waals surface area contributed by atoms with Crippen LogP contribution in [-0.4, -0.2) is 12.4 Å². The number of fused-ring (bicyclic) bond motifs is 1. The molecule has 1 saturated carbocycles. The molecule has 15 heavy (non-hydrogen) atoms. The van der Waals surface area contributed by atoms with Crippen LogP contribution in [0.4, 0.5) is 10.1 Å². The fourth-order valence-electron chi connectivity index (χ4n) is 1.66. The average molecular weight is 287 g/mol. The van der Waals surface area contributed by atoms with E-state index in [2.05, 4.69) is 25.2 Å². The molecule has 2 nitrogen and oxygen atoms in total. The van der Waals surface area contributed by atoms with E-state index in [4.69, 9.17) is 0 Å². The van der Waals surface area contributed by atoms with Gasteiger partial charge in [-0.15, -0.1) is 0 Å². The maximum atomic E-state index is 13.3. The maximum absolute atomic E-state index is 13.3. The molecule has 2 aliphatic rings. The summed E-state index contributed by atoms with van der Waals surface area (Å²) in [6, 6.07) is 3.58. The molecule has 0 amide bonds. The predicted octanol–water partition coefficient (Wildman–Crippen LogP) is 3.61. The lowest BCUT2D eigenvalue weighted by Crippen LogP contribution is -2.25. The first-order valence-electron chi connectivity index (χ1n) is 4.73. The zero-order valence-corrected chi connectivity index (χ0v) is 10.2. The minimum atomic E-state index is -0.206. The lowest BCUT2D eigenvalue weighted by molar-refractivity contribution is 0.625. The first-order chi connectivity index (χ1) is 7.25. The Morgan fingerprint density at radius 1 is 1.47 bits per heavy atom. The summed E-state index contributed by atoms with van der Waals surface area (Å²) >= 11 is 4.76. The molecule has 0 aromatic heterocycles. The highest BCUT2D eigenvalue weighted by molar-refractivity contribution is 9.10. The summed E-state index contributed by atoms with van der Waals surface area (Å²) in [5, 5.41) is 0. The largest absolute Gasteiger partial charge is 0.328 e. The fraction of sp³-hybridized carbons (Fsp3) is 0.300. The fourth-order valence-corrected chi connectivity index (χ4v) is 2.96. The highest BCUT2D eigenvalue weighted by Crippen LogP contribution is 2.43. The Kier molecular flexibility index (Phi) is 2.25. The van der Waals surface area contributed by atoms with Gasteiger partial charge in [0.25, 0.3) is 0 Å². The van der Waals surface area contributed by atoms with Crippen molar-refractivity contribution in [1.29, 1.82) is 0 Å². The Bertz CT molecular complexity index is 445. The summed E-state index contributed by atoms with van der Waals surface area (Å²) < 4.78 is 18.3. The van der Waals surface area contributed by atoms with Gasteiger partial charge in [0.15, 0.2) is 0 Å². The molecule has 0 atom stereocenters. The molecule has 0 N–H and O–H groups in total. The van der Waals surface area contributed by atoms with E-state index in [-0.39, 0.29) is 5.82 Å². The first-order valence-corrected chi connectivity index (χ1v) is 6.30. The van der Waals surface area contributed by atoms with E-state index in [1.165, 1.54) is 30.9 Å². The molecule has 1 fully saturated rings. The molecule has 1 aromatic carbocycles. The molecule has 0 bridgehead atoms. The summed E-state index contributed by atoms with van der Waals surface area (Å²) in [5.41, 5.74) is 0.935. The number of halogens is 2. The van der Waals surface area contributed by atoms with Crippen LogP contribution in [0.1, 0.15) is 12.8 Å². The molecule has 1 aliphatic carbocycles. The predicted molar refractivity (Wildman–Crippen MR) is 64.0 cm³/mol. The number of nitrogens with zero attached hydrogens (tertiary/aromatic N) is 2. The summed E-state index contributed by atoms with van der Waals surface area (Å²) in [5.74, 6) is -0.206. The van der Waals surface area contributed by atoms with E-state index in [1.54, 1.807) is 12.4 Å². The van der Waals surface area contributed by atoms with Gasteiger partial charge in [0.1, 0.15) is 12.2 Å². The zero-order valence-electron chi connectivity index (χ0n) is 7.78. The molecule has 0 saturated heterocycles. The number of anilines is 1. The number of rotatable bonds is 1. The number of hydrogen-bond acceptors (Lipinski definition) is 3. The van der Waals surface area contributed by atoms with Gasteiger partial charge in [0, 0.05) is 22.5 Å². The number of benzene rings is 1. The second-order valence-electron chi connectivity index (χ2n) is 3.69. The topological polar surface area (TPSA) is 15.6 Å². The zero-order chi connectivity index (χ0) is 10.4. The van der Waals surface area contributed by atoms with Crippen molar-refractivity contribution in [2.45, 2.75) is 23.8 Å². The maximum Gasteiger partial charge on any atom is 0.126 e. The van der Waals surface area contributed by atoms with Crippen LogP contribution in [0.2, 0.25) is 0 Å². The van der Waals surface area contributed by atoms with Gasteiger partial charge in [0.05, 0.1) is 10.6 Å². The average Bonchev–Trinajstić information content (AvgIpc) is 3.00. The van der Waals surface area contributed by atoms with E-state index < -0.39 is 0 Å². The molecule has 1 heterocycles. The van der Waals surface area contributed by atoms with Crippen LogP contribution in [0.3, 0.4) is 0 Å². The van der Waals surface area contributed by atoms with E-state index >= 15 is 0 Å². The van der Waals surface area contributed by atoms with Gasteiger partial charge < -0.3 is 4.90 Å². The SMILES string of the molecule is Fc1cc(Br)c2c(c1)N(C1CC1)C=NS2. The van der Waals surface area contributed by atoms with Crippen molar-refractivity contribution in [3.63, 3.8) is 0 Å². The number of hydrogen-bond donors (Lipinski definition) is 0. The first kappa shape index (κ1) is 9.66. The van der Waals surface area contributed by atoms with Crippen molar-refractivity contribution in [3.05, 3.63) is 22.4 Å². The minimum Gasteiger partial charge on any atom is -0.328 e. The van der Waals surface area contributed by atoms with Gasteiger partial charge in [0.2, 0.25) is 0 Å². The minimum absolute atomic E-state index is 0.206. The standard InChI is InChI=1S/C10H8BrFN2S/c11-8-3-6(12)4-9-10(8)15-13-5-14(9)7-1-2-7/h3-5,7H,1-2H2. The third-order valence-electron chi connectivity index (χ3n) is 2.52. The van der Waals surface area contributed by atoms with Crippen LogP contribution in [-0.2, 0) is 0 Å². The van der Waals surface area contributed by atoms with Crippen molar-refractivity contribution < 1.29 is 4.39 Å². The quantitative estimate of drug-likeness (QED) is 0.733. The molecule has 0 spiro atoms. The lowest BCUT2D eigenvalue weighted by Gasteiger charge is -2.25. The summed E-state index contributed by atoms with van der Waals surface area (Å²) in [6.07, 6.45) is 4.14. The smallest absolute Gasteiger partial charge is 0.126 e. The van der Waals surface area contributed by atoms with Crippen molar-refractivity contribution in [3.8, 4) is 0 Å². The Balaban J connectivity index is 2.12. The van der Waals surface area contributed by atoms with Gasteiger partial charge in [-0.3, -0.25) is 0 Å². The van der Waals surface area contributed by atoms with Crippen molar-refractivity contribution >= 4 is 39.9 Å². The van der Waals surface area contributed by atoms with Crippen LogP contribution in [0.5, 0.6) is 0 Å². The van der Waals surface area contributed by atoms with Gasteiger partial charge in [-0.05, 0) is 40.9 Å². The lowest BCUT2D eigenvalue weighted by atomic mass is 10.3. The van der Waals surface area contributed by atoms with Gasteiger partial charge in [-0.25, -0.2) is 8.79 Å². The third kappa shape index (κ3) is 1.67. The molecule has 1 aliphatic heterocycles. The van der Waals surface area contributed by atoms with Crippen molar-refractivity contribution in [1.82, 2.24) is 0 Å². The van der Waals surface area contributed by atoms with Crippen LogP contribution in [0.15, 0.2) is 25.9 Å². The van der Waals surface area contributed by atoms with Crippen molar-refractivity contribution in [2.75, 3.05) is 4.90 Å². The van der Waals surface area contributed by atoms with E-state index in [0.717, 1.165) is 15.1 Å². The monoisotopic (exact) mass is 286 g/mol. The molecule has 0 unspecified atom stereocenters. The second-order valence-corrected chi connectivity index (χ2v) is 5.34. The summed E-state index contributed by atoms with van der Waals surface area (Å²) in [7, 11) is 0. The molecule has 3 rings (SSSR count). The van der Waals surface area contributed by atoms with E-state index in [9.17, 15) is 4.39 Å². The van der Waals surface area contributed by atoms with E-state index in [1.807, 2.05) is 0 Å².